The van der Waals surface area contributed by atoms with Crippen molar-refractivity contribution >= 4 is 11.6 Å². The van der Waals surface area contributed by atoms with Gasteiger partial charge in [-0.3, -0.25) is 0 Å². The van der Waals surface area contributed by atoms with E-state index in [1.807, 2.05) is 0 Å². The van der Waals surface area contributed by atoms with Crippen molar-refractivity contribution in [2.75, 3.05) is 0 Å². The van der Waals surface area contributed by atoms with Gasteiger partial charge in [0.15, 0.2) is 5.82 Å². The first kappa shape index (κ1) is 11.7. The molecule has 1 fully saturated rings. The van der Waals surface area contributed by atoms with Gasteiger partial charge in [0.25, 0.3) is 0 Å². The minimum atomic E-state index is -1.10. The predicted molar refractivity (Wildman–Crippen MR) is 55.7 cm³/mol. The average molecular weight is 250 g/mol. The lowest BCUT2D eigenvalue weighted by Crippen LogP contribution is -2.35. The molecule has 1 aromatic carbocycles. The third-order valence-corrected chi connectivity index (χ3v) is 3.45. The van der Waals surface area contributed by atoms with E-state index < -0.39 is 28.0 Å². The van der Waals surface area contributed by atoms with Crippen LogP contribution in [0.25, 0.3) is 0 Å². The monoisotopic (exact) mass is 249 g/mol. The van der Waals surface area contributed by atoms with Crippen LogP contribution < -0.4 is 5.73 Å². The van der Waals surface area contributed by atoms with Gasteiger partial charge in [-0.25, -0.2) is 13.2 Å². The van der Waals surface area contributed by atoms with Crippen LogP contribution in [0.1, 0.15) is 31.2 Å². The maximum atomic E-state index is 13.7. The maximum absolute atomic E-state index is 13.7. The van der Waals surface area contributed by atoms with Crippen molar-refractivity contribution in [2.24, 2.45) is 5.73 Å². The lowest BCUT2D eigenvalue weighted by atomic mass is 9.88. The van der Waals surface area contributed by atoms with E-state index in [1.165, 1.54) is 0 Å². The zero-order valence-electron chi connectivity index (χ0n) is 8.49. The molecule has 0 spiro atoms. The van der Waals surface area contributed by atoms with E-state index in [2.05, 4.69) is 0 Å². The molecule has 5 heteroatoms. The summed E-state index contributed by atoms with van der Waals surface area (Å²) in [5, 5.41) is -0.687. The lowest BCUT2D eigenvalue weighted by molar-refractivity contribution is 0.400. The fourth-order valence-electron chi connectivity index (χ4n) is 2.28. The molecule has 0 aliphatic heterocycles. The predicted octanol–water partition coefficient (Wildman–Crippen LogP) is 3.49. The fourth-order valence-corrected chi connectivity index (χ4v) is 2.43. The highest BCUT2D eigenvalue weighted by Crippen LogP contribution is 2.40. The topological polar surface area (TPSA) is 26.0 Å². The Morgan fingerprint density at radius 1 is 1.12 bits per heavy atom. The van der Waals surface area contributed by atoms with Gasteiger partial charge in [-0.05, 0) is 12.8 Å². The number of benzene rings is 1. The molecular weight excluding hydrogens is 239 g/mol. The minimum absolute atomic E-state index is 0.281. The highest BCUT2D eigenvalue weighted by Gasteiger charge is 2.37. The second-order valence-corrected chi connectivity index (χ2v) is 4.58. The van der Waals surface area contributed by atoms with E-state index in [4.69, 9.17) is 17.3 Å². The first-order valence-electron chi connectivity index (χ1n) is 5.08. The normalized spacial score (nSPS) is 19.1. The van der Waals surface area contributed by atoms with Crippen molar-refractivity contribution in [3.63, 3.8) is 0 Å². The molecule has 16 heavy (non-hydrogen) atoms. The Kier molecular flexibility index (Phi) is 2.88. The van der Waals surface area contributed by atoms with Crippen molar-refractivity contribution in [1.82, 2.24) is 0 Å². The van der Waals surface area contributed by atoms with Crippen LogP contribution in [0, 0.1) is 17.5 Å². The molecular formula is C11H11ClF3N. The molecule has 0 bridgehead atoms. The summed E-state index contributed by atoms with van der Waals surface area (Å²) < 4.78 is 40.3. The number of nitrogens with two attached hydrogens (primary N) is 1. The minimum Gasteiger partial charge on any atom is -0.321 e. The molecule has 0 atom stereocenters. The molecule has 0 unspecified atom stereocenters. The van der Waals surface area contributed by atoms with Crippen molar-refractivity contribution in [1.29, 1.82) is 0 Å². The number of rotatable bonds is 1. The number of hydrogen-bond donors (Lipinski definition) is 1. The summed E-state index contributed by atoms with van der Waals surface area (Å²) in [6.07, 6.45) is 2.60. The van der Waals surface area contributed by atoms with Crippen LogP contribution in [0.2, 0.25) is 5.02 Å². The van der Waals surface area contributed by atoms with E-state index in [-0.39, 0.29) is 5.56 Å². The van der Waals surface area contributed by atoms with E-state index in [0.29, 0.717) is 18.9 Å². The van der Waals surface area contributed by atoms with E-state index >= 15 is 0 Å². The molecule has 1 aliphatic rings. The first-order valence-corrected chi connectivity index (χ1v) is 5.46. The largest absolute Gasteiger partial charge is 0.321 e. The molecule has 1 aromatic rings. The zero-order chi connectivity index (χ0) is 11.9. The summed E-state index contributed by atoms with van der Waals surface area (Å²) in [6.45, 7) is 0. The Hall–Kier alpha value is -0.740. The molecule has 88 valence electrons. The highest BCUT2D eigenvalue weighted by molar-refractivity contribution is 6.31. The molecule has 1 aliphatic carbocycles. The summed E-state index contributed by atoms with van der Waals surface area (Å²) in [5.41, 5.74) is 4.61. The summed E-state index contributed by atoms with van der Waals surface area (Å²) in [5.74, 6) is -3.12. The standard InChI is InChI=1S/C11H11ClF3N/c12-9-7(14)5-6(13)8(10(9)15)11(16)3-1-2-4-11/h5H,1-4,16H2. The van der Waals surface area contributed by atoms with Gasteiger partial charge in [0.05, 0.1) is 0 Å². The quantitative estimate of drug-likeness (QED) is 0.598. The van der Waals surface area contributed by atoms with Crippen LogP contribution in [-0.2, 0) is 5.54 Å². The van der Waals surface area contributed by atoms with Crippen molar-refractivity contribution in [3.05, 3.63) is 34.1 Å². The molecule has 0 amide bonds. The van der Waals surface area contributed by atoms with Crippen LogP contribution in [0.4, 0.5) is 13.2 Å². The third-order valence-electron chi connectivity index (χ3n) is 3.11. The molecule has 1 saturated carbocycles. The van der Waals surface area contributed by atoms with Gasteiger partial charge in [0.2, 0.25) is 0 Å². The molecule has 0 radical (unpaired) electrons. The molecule has 0 aromatic heterocycles. The Balaban J connectivity index is 2.60. The van der Waals surface area contributed by atoms with E-state index in [0.717, 1.165) is 12.8 Å². The summed E-state index contributed by atoms with van der Waals surface area (Å²) in [6, 6.07) is 0.591. The van der Waals surface area contributed by atoms with Crippen LogP contribution in [-0.4, -0.2) is 0 Å². The number of halogens is 4. The maximum Gasteiger partial charge on any atom is 0.152 e. The van der Waals surface area contributed by atoms with Gasteiger partial charge < -0.3 is 5.73 Å². The second kappa shape index (κ2) is 3.93. The SMILES string of the molecule is NC1(c2c(F)cc(F)c(Cl)c2F)CCCC1. The highest BCUT2D eigenvalue weighted by atomic mass is 35.5. The first-order chi connectivity index (χ1) is 7.46. The smallest absolute Gasteiger partial charge is 0.152 e. The fraction of sp³-hybridized carbons (Fsp3) is 0.455. The van der Waals surface area contributed by atoms with Gasteiger partial charge in [-0.2, -0.15) is 0 Å². The molecule has 2 rings (SSSR count). The zero-order valence-corrected chi connectivity index (χ0v) is 9.25. The van der Waals surface area contributed by atoms with Gasteiger partial charge in [-0.15, -0.1) is 0 Å². The molecule has 0 heterocycles. The van der Waals surface area contributed by atoms with Gasteiger partial charge in [-0.1, -0.05) is 24.4 Å². The van der Waals surface area contributed by atoms with Crippen molar-refractivity contribution < 1.29 is 13.2 Å². The summed E-state index contributed by atoms with van der Waals surface area (Å²) in [7, 11) is 0. The Bertz CT molecular complexity index is 428. The van der Waals surface area contributed by atoms with Crippen LogP contribution in [0.3, 0.4) is 0 Å². The van der Waals surface area contributed by atoms with Crippen molar-refractivity contribution in [2.45, 2.75) is 31.2 Å². The Morgan fingerprint density at radius 2 is 1.69 bits per heavy atom. The third kappa shape index (κ3) is 1.70. The van der Waals surface area contributed by atoms with Crippen LogP contribution >= 0.6 is 11.6 Å². The summed E-state index contributed by atoms with van der Waals surface area (Å²) in [4.78, 5) is 0. The molecule has 0 saturated heterocycles. The Labute approximate surface area is 96.4 Å². The lowest BCUT2D eigenvalue weighted by Gasteiger charge is -2.25. The van der Waals surface area contributed by atoms with Crippen molar-refractivity contribution in [3.8, 4) is 0 Å². The second-order valence-electron chi connectivity index (χ2n) is 4.21. The Morgan fingerprint density at radius 3 is 2.25 bits per heavy atom. The molecule has 1 nitrogen and oxygen atoms in total. The van der Waals surface area contributed by atoms with Gasteiger partial charge in [0.1, 0.15) is 16.7 Å². The summed E-state index contributed by atoms with van der Waals surface area (Å²) >= 11 is 5.42. The van der Waals surface area contributed by atoms with E-state index in [9.17, 15) is 13.2 Å². The van der Waals surface area contributed by atoms with E-state index in [1.54, 1.807) is 0 Å². The van der Waals surface area contributed by atoms with Gasteiger partial charge >= 0.3 is 0 Å². The van der Waals surface area contributed by atoms with Gasteiger partial charge in [0, 0.05) is 17.2 Å². The number of hydrogen-bond acceptors (Lipinski definition) is 1. The average Bonchev–Trinajstić information content (AvgIpc) is 2.62. The van der Waals surface area contributed by atoms with Crippen LogP contribution in [0.5, 0.6) is 0 Å². The van der Waals surface area contributed by atoms with Crippen LogP contribution in [0.15, 0.2) is 6.07 Å². The molecule has 2 N–H and O–H groups in total.